The summed E-state index contributed by atoms with van der Waals surface area (Å²) in [6.45, 7) is 3.23. The van der Waals surface area contributed by atoms with Gasteiger partial charge in [0.1, 0.15) is 0 Å². The molecule has 0 aliphatic rings. The zero-order chi connectivity index (χ0) is 12.1. The summed E-state index contributed by atoms with van der Waals surface area (Å²) in [5.41, 5.74) is 8.97. The second kappa shape index (κ2) is 3.63. The molecule has 0 aliphatic heterocycles. The van der Waals surface area contributed by atoms with Crippen LogP contribution in [0.15, 0.2) is 17.5 Å². The van der Waals surface area contributed by atoms with Crippen LogP contribution < -0.4 is 0 Å². The summed E-state index contributed by atoms with van der Waals surface area (Å²) in [7, 11) is 0. The fraction of sp³-hybridized carbons (Fsp3) is 0.500. The predicted molar refractivity (Wildman–Crippen MR) is 45.0 cm³/mol. The maximum Gasteiger partial charge on any atom is 0.0541 e. The average molecular weight is 159 g/mol. The SMILES string of the molecule is CCn1cc(CN=[N+]=[N-])cn1.[2H][2H].[2H][2H]. The van der Waals surface area contributed by atoms with Crippen molar-refractivity contribution in [1.82, 2.24) is 9.78 Å². The van der Waals surface area contributed by atoms with Gasteiger partial charge in [0, 0.05) is 23.6 Å². The largest absolute Gasteiger partial charge is 0.273 e. The first-order valence-electron chi connectivity index (χ1n) is 5.39. The molecule has 0 aliphatic carbocycles. The molecule has 1 aromatic heterocycles. The summed E-state index contributed by atoms with van der Waals surface area (Å²) in [6.07, 6.45) is 3.58. The van der Waals surface area contributed by atoms with Crippen LogP contribution in [0, 0.1) is 0 Å². The lowest BCUT2D eigenvalue weighted by atomic mass is 10.4. The molecule has 1 heterocycles. The van der Waals surface area contributed by atoms with Crippen LogP contribution in [-0.2, 0) is 13.1 Å². The van der Waals surface area contributed by atoms with Crippen molar-refractivity contribution in [1.29, 1.82) is 0 Å². The van der Waals surface area contributed by atoms with E-state index in [0.717, 1.165) is 12.1 Å². The Labute approximate surface area is 70.4 Å². The Balaban J connectivity index is 0. The highest BCUT2D eigenvalue weighted by Gasteiger charge is 1.93. The van der Waals surface area contributed by atoms with Gasteiger partial charge in [0.2, 0.25) is 0 Å². The lowest BCUT2D eigenvalue weighted by Crippen LogP contribution is -1.92. The van der Waals surface area contributed by atoms with Crippen molar-refractivity contribution in [2.45, 2.75) is 20.0 Å². The van der Waals surface area contributed by atoms with Crippen molar-refractivity contribution in [3.8, 4) is 0 Å². The van der Waals surface area contributed by atoms with Gasteiger partial charge in [-0.05, 0) is 18.0 Å². The molecular weight excluding hydrogens is 142 g/mol. The van der Waals surface area contributed by atoms with Crippen LogP contribution in [0.2, 0.25) is 0 Å². The van der Waals surface area contributed by atoms with E-state index in [9.17, 15) is 0 Å². The second-order valence-corrected chi connectivity index (χ2v) is 2.09. The van der Waals surface area contributed by atoms with Gasteiger partial charge in [0.25, 0.3) is 0 Å². The van der Waals surface area contributed by atoms with Gasteiger partial charge in [-0.1, -0.05) is 5.11 Å². The number of hydrogen-bond acceptors (Lipinski definition) is 2. The molecule has 0 radical (unpaired) electrons. The number of hydrogen-bond donors (Lipinski definition) is 0. The quantitative estimate of drug-likeness (QED) is 0.378. The van der Waals surface area contributed by atoms with Crippen molar-refractivity contribution in [3.63, 3.8) is 0 Å². The van der Waals surface area contributed by atoms with E-state index >= 15 is 0 Å². The summed E-state index contributed by atoms with van der Waals surface area (Å²) in [6, 6.07) is 0. The summed E-state index contributed by atoms with van der Waals surface area (Å²) in [5.74, 6) is 0. The predicted octanol–water partition coefficient (Wildman–Crippen LogP) is 2.21. The van der Waals surface area contributed by atoms with Crippen molar-refractivity contribution < 1.29 is 5.94 Å². The Morgan fingerprint density at radius 3 is 3.36 bits per heavy atom. The maximum atomic E-state index is 8.02. The average Bonchev–Trinajstić information content (AvgIpc) is 2.79. The maximum absolute atomic E-state index is 8.02. The van der Waals surface area contributed by atoms with Crippen LogP contribution in [0.3, 0.4) is 0 Å². The molecule has 0 N–H and O–H groups in total. The van der Waals surface area contributed by atoms with Gasteiger partial charge >= 0.3 is 0 Å². The van der Waals surface area contributed by atoms with Crippen LogP contribution in [0.1, 0.15) is 18.4 Å². The molecule has 11 heavy (non-hydrogen) atoms. The molecule has 0 bridgehead atoms. The van der Waals surface area contributed by atoms with E-state index in [1.165, 1.54) is 0 Å². The Bertz CT molecular complexity index is 283. The highest BCUT2D eigenvalue weighted by Crippen LogP contribution is 1.99. The molecule has 5 heteroatoms. The van der Waals surface area contributed by atoms with Gasteiger partial charge in [0.05, 0.1) is 12.7 Å². The zero-order valence-electron chi connectivity index (χ0n) is 10.3. The Morgan fingerprint density at radius 2 is 2.82 bits per heavy atom. The standard InChI is InChI=1S/C6H9N5.2H2/c1-2-11-5-6(4-9-11)3-8-10-7;;/h4-5H,2-3H2,1H3;2*1H/i;2*1+1D. The topological polar surface area (TPSA) is 66.6 Å². The first-order chi connectivity index (χ1) is 7.36. The minimum atomic E-state index is 0.385. The molecule has 1 rings (SSSR count). The van der Waals surface area contributed by atoms with Crippen molar-refractivity contribution in [2.24, 2.45) is 5.11 Å². The highest BCUT2D eigenvalue weighted by atomic mass is 15.3. The molecule has 0 fully saturated rings. The van der Waals surface area contributed by atoms with Gasteiger partial charge in [-0.25, -0.2) is 0 Å². The Morgan fingerprint density at radius 1 is 2.00 bits per heavy atom. The number of nitrogens with zero attached hydrogens (tertiary/aromatic N) is 5. The third-order valence-corrected chi connectivity index (χ3v) is 1.33. The minimum absolute atomic E-state index is 0.385. The summed E-state index contributed by atoms with van der Waals surface area (Å²) in [5, 5.41) is 7.44. The third-order valence-electron chi connectivity index (χ3n) is 1.33. The Hall–Kier alpha value is -1.48. The van der Waals surface area contributed by atoms with Crippen LogP contribution in [-0.4, -0.2) is 9.78 Å². The molecule has 0 unspecified atom stereocenters. The highest BCUT2D eigenvalue weighted by molar-refractivity contribution is 5.03. The van der Waals surface area contributed by atoms with Crippen molar-refractivity contribution in [2.75, 3.05) is 0 Å². The molecule has 0 spiro atoms. The van der Waals surface area contributed by atoms with E-state index < -0.39 is 0 Å². The molecule has 0 atom stereocenters. The number of aromatic nitrogens is 2. The molecule has 0 saturated heterocycles. The van der Waals surface area contributed by atoms with Gasteiger partial charge in [0.15, 0.2) is 0 Å². The Kier molecular flexibility index (Phi) is 1.72. The lowest BCUT2D eigenvalue weighted by Gasteiger charge is -1.89. The molecule has 0 amide bonds. The molecular formula is C6H13N5. The van der Waals surface area contributed by atoms with E-state index in [0.29, 0.717) is 6.54 Å². The van der Waals surface area contributed by atoms with Crippen molar-refractivity contribution in [3.05, 3.63) is 28.4 Å². The monoisotopic (exact) mass is 159 g/mol. The minimum Gasteiger partial charge on any atom is -0.273 e. The summed E-state index contributed by atoms with van der Waals surface area (Å²) < 4.78 is 21.8. The van der Waals surface area contributed by atoms with Gasteiger partial charge in [-0.2, -0.15) is 5.10 Å². The summed E-state index contributed by atoms with van der Waals surface area (Å²) in [4.78, 5) is 2.65. The van der Waals surface area contributed by atoms with Crippen LogP contribution in [0.5, 0.6) is 0 Å². The second-order valence-electron chi connectivity index (χ2n) is 2.09. The number of rotatable bonds is 3. The smallest absolute Gasteiger partial charge is 0.0541 e. The molecule has 0 aromatic carbocycles. The third kappa shape index (κ3) is 1.98. The zero-order valence-corrected chi connectivity index (χ0v) is 6.30. The van der Waals surface area contributed by atoms with E-state index in [2.05, 4.69) is 15.1 Å². The van der Waals surface area contributed by atoms with E-state index in [1.807, 2.05) is 13.1 Å². The van der Waals surface area contributed by atoms with Crippen molar-refractivity contribution >= 4 is 0 Å². The first-order valence-corrected chi connectivity index (χ1v) is 3.39. The van der Waals surface area contributed by atoms with E-state index in [4.69, 9.17) is 11.5 Å². The molecule has 62 valence electrons. The van der Waals surface area contributed by atoms with Crippen LogP contribution in [0.4, 0.5) is 0 Å². The number of azide groups is 1. The summed E-state index contributed by atoms with van der Waals surface area (Å²) >= 11 is 0. The normalized spacial score (nSPS) is 10.6. The molecule has 5 nitrogen and oxygen atoms in total. The lowest BCUT2D eigenvalue weighted by molar-refractivity contribution is 0.659. The van der Waals surface area contributed by atoms with E-state index in [1.54, 1.807) is 10.9 Å². The van der Waals surface area contributed by atoms with Gasteiger partial charge in [-0.15, -0.1) is 0 Å². The fourth-order valence-corrected chi connectivity index (χ4v) is 0.774. The van der Waals surface area contributed by atoms with Crippen LogP contribution >= 0.6 is 0 Å². The molecule has 1 aromatic rings. The molecule has 0 saturated carbocycles. The number of aryl methyl sites for hydroxylation is 1. The van der Waals surface area contributed by atoms with Gasteiger partial charge < -0.3 is 0 Å². The van der Waals surface area contributed by atoms with Gasteiger partial charge in [-0.3, -0.25) is 4.68 Å². The van der Waals surface area contributed by atoms with E-state index in [-0.39, 0.29) is 0 Å². The fourth-order valence-electron chi connectivity index (χ4n) is 0.774. The first kappa shape index (κ1) is 5.21. The van der Waals surface area contributed by atoms with Crippen LogP contribution in [0.25, 0.3) is 10.4 Å².